The maximum absolute atomic E-state index is 12.2. The van der Waals surface area contributed by atoms with Gasteiger partial charge in [-0.15, -0.1) is 22.7 Å². The number of thiazole rings is 2. The summed E-state index contributed by atoms with van der Waals surface area (Å²) in [5, 5.41) is 8.36. The normalized spacial score (nSPS) is 10.8. The second-order valence-corrected chi connectivity index (χ2v) is 8.10. The van der Waals surface area contributed by atoms with Crippen LogP contribution in [0.5, 0.6) is 0 Å². The molecule has 0 aromatic carbocycles. The molecule has 3 aromatic rings. The Morgan fingerprint density at radius 3 is 2.59 bits per heavy atom. The smallest absolute Gasteiger partial charge is 0.232 e. The zero-order chi connectivity index (χ0) is 19.2. The number of nitrogens with one attached hydrogen (secondary N) is 2. The van der Waals surface area contributed by atoms with E-state index in [1.807, 2.05) is 6.07 Å². The number of rotatable bonds is 7. The summed E-state index contributed by atoms with van der Waals surface area (Å²) >= 11 is 2.76. The second-order valence-electron chi connectivity index (χ2n) is 6.18. The van der Waals surface area contributed by atoms with E-state index in [1.54, 1.807) is 30.0 Å². The topological polar surface area (TPSA) is 96.9 Å². The van der Waals surface area contributed by atoms with Crippen molar-refractivity contribution in [2.45, 2.75) is 32.6 Å². The molecule has 0 fully saturated rings. The van der Waals surface area contributed by atoms with E-state index in [9.17, 15) is 9.59 Å². The van der Waals surface area contributed by atoms with Crippen LogP contribution < -0.4 is 10.6 Å². The van der Waals surface area contributed by atoms with E-state index in [2.05, 4.69) is 39.4 Å². The number of hydrogen-bond acceptors (Lipinski definition) is 7. The van der Waals surface area contributed by atoms with E-state index in [0.29, 0.717) is 21.9 Å². The molecule has 2 N–H and O–H groups in total. The van der Waals surface area contributed by atoms with Crippen molar-refractivity contribution in [2.75, 3.05) is 10.6 Å². The van der Waals surface area contributed by atoms with Gasteiger partial charge in [-0.1, -0.05) is 19.9 Å². The molecule has 3 heterocycles. The van der Waals surface area contributed by atoms with Gasteiger partial charge in [-0.25, -0.2) is 9.97 Å². The lowest BCUT2D eigenvalue weighted by Crippen LogP contribution is -2.15. The highest BCUT2D eigenvalue weighted by Crippen LogP contribution is 2.25. The molecule has 2 amide bonds. The second kappa shape index (κ2) is 8.83. The van der Waals surface area contributed by atoms with Crippen molar-refractivity contribution in [3.63, 3.8) is 0 Å². The van der Waals surface area contributed by atoms with Gasteiger partial charge in [0.25, 0.3) is 0 Å². The maximum Gasteiger partial charge on any atom is 0.232 e. The first-order valence-corrected chi connectivity index (χ1v) is 10.1. The van der Waals surface area contributed by atoms with Crippen molar-refractivity contribution in [3.05, 3.63) is 52.2 Å². The standard InChI is InChI=1S/C18H19N5O2S2/c1-11(2)14-9-20-17(27-14)22-16(25)7-13-10-26-18(21-13)23-15(24)6-12-4-3-5-19-8-12/h3-5,8-11H,6-7H2,1-2H3,(H,20,22,25)(H,21,23,24). The van der Waals surface area contributed by atoms with Gasteiger partial charge in [0, 0.05) is 28.8 Å². The highest BCUT2D eigenvalue weighted by molar-refractivity contribution is 7.15. The van der Waals surface area contributed by atoms with E-state index in [-0.39, 0.29) is 24.7 Å². The van der Waals surface area contributed by atoms with Gasteiger partial charge in [0.15, 0.2) is 10.3 Å². The molecule has 27 heavy (non-hydrogen) atoms. The number of carbonyl (C=O) groups excluding carboxylic acids is 2. The number of nitrogens with zero attached hydrogens (tertiary/aromatic N) is 3. The molecule has 0 radical (unpaired) electrons. The molecule has 0 aliphatic carbocycles. The van der Waals surface area contributed by atoms with Gasteiger partial charge in [-0.05, 0) is 17.5 Å². The van der Waals surface area contributed by atoms with Crippen molar-refractivity contribution in [1.82, 2.24) is 15.0 Å². The highest BCUT2D eigenvalue weighted by Gasteiger charge is 2.13. The van der Waals surface area contributed by atoms with Gasteiger partial charge in [0.05, 0.1) is 18.5 Å². The molecule has 0 spiro atoms. The number of hydrogen-bond donors (Lipinski definition) is 2. The first-order chi connectivity index (χ1) is 13.0. The van der Waals surface area contributed by atoms with Crippen LogP contribution in [0, 0.1) is 0 Å². The van der Waals surface area contributed by atoms with Crippen molar-refractivity contribution in [1.29, 1.82) is 0 Å². The summed E-state index contributed by atoms with van der Waals surface area (Å²) in [7, 11) is 0. The molecule has 0 unspecified atom stereocenters. The lowest BCUT2D eigenvalue weighted by atomic mass is 10.2. The van der Waals surface area contributed by atoms with Gasteiger partial charge in [-0.2, -0.15) is 0 Å². The fraction of sp³-hybridized carbons (Fsp3) is 0.278. The predicted octanol–water partition coefficient (Wildman–Crippen LogP) is 3.48. The average molecular weight is 402 g/mol. The highest BCUT2D eigenvalue weighted by atomic mass is 32.1. The molecule has 7 nitrogen and oxygen atoms in total. The molecule has 0 aliphatic rings. The van der Waals surface area contributed by atoms with Crippen LogP contribution in [-0.4, -0.2) is 26.8 Å². The summed E-state index contributed by atoms with van der Waals surface area (Å²) in [5.41, 5.74) is 1.44. The first-order valence-electron chi connectivity index (χ1n) is 8.38. The lowest BCUT2D eigenvalue weighted by Gasteiger charge is -2.01. The van der Waals surface area contributed by atoms with Crippen molar-refractivity contribution < 1.29 is 9.59 Å². The number of carbonyl (C=O) groups is 2. The fourth-order valence-electron chi connectivity index (χ4n) is 2.24. The van der Waals surface area contributed by atoms with Crippen LogP contribution in [0.2, 0.25) is 0 Å². The monoisotopic (exact) mass is 401 g/mol. The summed E-state index contributed by atoms with van der Waals surface area (Å²) in [4.78, 5) is 37.8. The van der Waals surface area contributed by atoms with Gasteiger partial charge in [0.1, 0.15) is 0 Å². The van der Waals surface area contributed by atoms with Crippen molar-refractivity contribution in [3.8, 4) is 0 Å². The molecular weight excluding hydrogens is 382 g/mol. The Labute approximate surface area is 164 Å². The van der Waals surface area contributed by atoms with Crippen LogP contribution >= 0.6 is 22.7 Å². The van der Waals surface area contributed by atoms with Crippen LogP contribution in [0.4, 0.5) is 10.3 Å². The van der Waals surface area contributed by atoms with Crippen LogP contribution in [0.3, 0.4) is 0 Å². The molecule has 0 saturated heterocycles. The van der Waals surface area contributed by atoms with Gasteiger partial charge < -0.3 is 10.6 Å². The molecular formula is C18H19N5O2S2. The molecule has 3 rings (SSSR count). The zero-order valence-electron chi connectivity index (χ0n) is 14.9. The Bertz CT molecular complexity index is 921. The summed E-state index contributed by atoms with van der Waals surface area (Å²) in [6.07, 6.45) is 5.45. The largest absolute Gasteiger partial charge is 0.302 e. The summed E-state index contributed by atoms with van der Waals surface area (Å²) in [6.45, 7) is 4.16. The third kappa shape index (κ3) is 5.66. The summed E-state index contributed by atoms with van der Waals surface area (Å²) < 4.78 is 0. The van der Waals surface area contributed by atoms with Gasteiger partial charge >= 0.3 is 0 Å². The SMILES string of the molecule is CC(C)c1cnc(NC(=O)Cc2csc(NC(=O)Cc3cccnc3)n2)s1. The van der Waals surface area contributed by atoms with Crippen LogP contribution in [-0.2, 0) is 22.4 Å². The van der Waals surface area contributed by atoms with E-state index < -0.39 is 0 Å². The molecule has 140 valence electrons. The van der Waals surface area contributed by atoms with Gasteiger partial charge in [-0.3, -0.25) is 14.6 Å². The average Bonchev–Trinajstić information content (AvgIpc) is 3.25. The lowest BCUT2D eigenvalue weighted by molar-refractivity contribution is -0.116. The Hall–Kier alpha value is -2.65. The van der Waals surface area contributed by atoms with Crippen LogP contribution in [0.15, 0.2) is 36.1 Å². The minimum Gasteiger partial charge on any atom is -0.302 e. The van der Waals surface area contributed by atoms with E-state index in [0.717, 1.165) is 10.4 Å². The molecule has 0 atom stereocenters. The Morgan fingerprint density at radius 1 is 1.11 bits per heavy atom. The van der Waals surface area contributed by atoms with E-state index in [4.69, 9.17) is 0 Å². The van der Waals surface area contributed by atoms with E-state index >= 15 is 0 Å². The third-order valence-corrected chi connectivity index (χ3v) is 5.59. The molecule has 9 heteroatoms. The fourth-order valence-corrected chi connectivity index (χ4v) is 3.80. The third-order valence-electron chi connectivity index (χ3n) is 3.57. The van der Waals surface area contributed by atoms with Crippen molar-refractivity contribution >= 4 is 44.8 Å². The number of pyridine rings is 1. The molecule has 0 aliphatic heterocycles. The molecule has 0 saturated carbocycles. The quantitative estimate of drug-likeness (QED) is 0.632. The number of amides is 2. The summed E-state index contributed by atoms with van der Waals surface area (Å²) in [5.74, 6) is 0.0278. The molecule has 3 aromatic heterocycles. The van der Waals surface area contributed by atoms with Crippen LogP contribution in [0.25, 0.3) is 0 Å². The first kappa shape index (κ1) is 19.1. The van der Waals surface area contributed by atoms with Crippen LogP contribution in [0.1, 0.15) is 35.9 Å². The van der Waals surface area contributed by atoms with E-state index in [1.165, 1.54) is 22.7 Å². The zero-order valence-corrected chi connectivity index (χ0v) is 16.6. The number of aromatic nitrogens is 3. The predicted molar refractivity (Wildman–Crippen MR) is 107 cm³/mol. The summed E-state index contributed by atoms with van der Waals surface area (Å²) in [6, 6.07) is 3.63. The Balaban J connectivity index is 1.51. The minimum absolute atomic E-state index is 0.131. The van der Waals surface area contributed by atoms with Crippen molar-refractivity contribution in [2.24, 2.45) is 0 Å². The Kier molecular flexibility index (Phi) is 6.25. The maximum atomic E-state index is 12.2. The Morgan fingerprint density at radius 2 is 1.89 bits per heavy atom. The molecule has 0 bridgehead atoms. The minimum atomic E-state index is -0.182. The van der Waals surface area contributed by atoms with Gasteiger partial charge in [0.2, 0.25) is 11.8 Å². The number of anilines is 2.